The van der Waals surface area contributed by atoms with Crippen LogP contribution in [-0.4, -0.2) is 42.1 Å². The predicted molar refractivity (Wildman–Crippen MR) is 95.1 cm³/mol. The quantitative estimate of drug-likeness (QED) is 0.588. The Labute approximate surface area is 153 Å². The highest BCUT2D eigenvalue weighted by Crippen LogP contribution is 2.19. The van der Waals surface area contributed by atoms with E-state index < -0.39 is 35.9 Å². The van der Waals surface area contributed by atoms with Gasteiger partial charge in [0.25, 0.3) is 5.91 Å². The van der Waals surface area contributed by atoms with Crippen LogP contribution in [0.3, 0.4) is 0 Å². The van der Waals surface area contributed by atoms with Gasteiger partial charge in [-0.15, -0.1) is 0 Å². The molecule has 0 aliphatic carbocycles. The Bertz CT molecular complexity index is 647. The average molecular weight is 392 g/mol. The Kier molecular flexibility index (Phi) is 8.50. The van der Waals surface area contributed by atoms with E-state index in [2.05, 4.69) is 10.6 Å². The number of anilines is 1. The summed E-state index contributed by atoms with van der Waals surface area (Å²) < 4.78 is 18.7. The van der Waals surface area contributed by atoms with Crippen molar-refractivity contribution in [3.05, 3.63) is 29.0 Å². The molecule has 138 valence electrons. The number of hydrogen-bond acceptors (Lipinski definition) is 5. The van der Waals surface area contributed by atoms with Crippen molar-refractivity contribution < 1.29 is 23.5 Å². The second-order valence-electron chi connectivity index (χ2n) is 5.04. The number of ether oxygens (including phenoxy) is 1. The lowest BCUT2D eigenvalue weighted by Gasteiger charge is -2.19. The Morgan fingerprint density at radius 1 is 1.40 bits per heavy atom. The predicted octanol–water partition coefficient (Wildman–Crippen LogP) is 2.14. The van der Waals surface area contributed by atoms with Gasteiger partial charge in [0.05, 0.1) is 5.69 Å². The molecule has 0 fully saturated rings. The summed E-state index contributed by atoms with van der Waals surface area (Å²) in [7, 11) is 0. The fourth-order valence-electron chi connectivity index (χ4n) is 1.79. The Morgan fingerprint density at radius 2 is 2.08 bits per heavy atom. The molecule has 0 saturated carbocycles. The van der Waals surface area contributed by atoms with Crippen molar-refractivity contribution in [3.8, 4) is 0 Å². The van der Waals surface area contributed by atoms with Crippen molar-refractivity contribution in [1.82, 2.24) is 5.32 Å². The highest BCUT2D eigenvalue weighted by Gasteiger charge is 2.26. The van der Waals surface area contributed by atoms with E-state index in [0.717, 1.165) is 6.07 Å². The number of carbonyl (C=O) groups excluding carboxylic acids is 3. The van der Waals surface area contributed by atoms with Gasteiger partial charge in [-0.25, -0.2) is 14.0 Å². The fraction of sp³-hybridized carbons (Fsp3) is 0.400. The number of halogens is 2. The molecule has 10 heteroatoms. The van der Waals surface area contributed by atoms with Crippen LogP contribution in [0.4, 0.5) is 14.9 Å². The number of benzene rings is 1. The molecular weight excluding hydrogens is 373 g/mol. The third-order valence-electron chi connectivity index (χ3n) is 3.06. The molecule has 2 atom stereocenters. The van der Waals surface area contributed by atoms with E-state index in [1.807, 2.05) is 6.26 Å². The third-order valence-corrected chi connectivity index (χ3v) is 3.94. The van der Waals surface area contributed by atoms with Gasteiger partial charge in [0.15, 0.2) is 6.10 Å². The number of nitrogens with one attached hydrogen (secondary N) is 2. The number of nitrogens with two attached hydrogens (primary N) is 1. The van der Waals surface area contributed by atoms with Gasteiger partial charge in [-0.2, -0.15) is 11.8 Å². The average Bonchev–Trinajstić information content (AvgIpc) is 2.53. The monoisotopic (exact) mass is 391 g/mol. The number of hydrogen-bond donors (Lipinski definition) is 3. The van der Waals surface area contributed by atoms with E-state index in [-0.39, 0.29) is 10.7 Å². The Balaban J connectivity index is 2.67. The van der Waals surface area contributed by atoms with E-state index in [9.17, 15) is 18.8 Å². The van der Waals surface area contributed by atoms with Crippen LogP contribution in [0, 0.1) is 5.82 Å². The molecule has 1 rings (SSSR count). The molecule has 0 unspecified atom stereocenters. The molecule has 0 spiro atoms. The molecule has 1 aromatic rings. The first kappa shape index (κ1) is 21.0. The van der Waals surface area contributed by atoms with Gasteiger partial charge in [-0.1, -0.05) is 11.6 Å². The summed E-state index contributed by atoms with van der Waals surface area (Å²) in [5.41, 5.74) is 4.94. The maximum absolute atomic E-state index is 13.7. The largest absolute Gasteiger partial charge is 0.451 e. The van der Waals surface area contributed by atoms with Crippen molar-refractivity contribution in [1.29, 1.82) is 0 Å². The van der Waals surface area contributed by atoms with Gasteiger partial charge in [-0.05, 0) is 43.6 Å². The van der Waals surface area contributed by atoms with E-state index in [4.69, 9.17) is 22.1 Å². The molecule has 0 heterocycles. The SMILES string of the molecule is CSCC[C@H](NC(N)=O)C(=O)O[C@@H](C)C(=O)Nc1ccc(Cl)cc1F. The summed E-state index contributed by atoms with van der Waals surface area (Å²) in [6.45, 7) is 1.33. The lowest BCUT2D eigenvalue weighted by atomic mass is 10.2. The smallest absolute Gasteiger partial charge is 0.329 e. The summed E-state index contributed by atoms with van der Waals surface area (Å²) in [6.07, 6.45) is 0.931. The van der Waals surface area contributed by atoms with Crippen molar-refractivity contribution in [2.24, 2.45) is 5.73 Å². The molecule has 3 amide bonds. The minimum Gasteiger partial charge on any atom is -0.451 e. The maximum Gasteiger partial charge on any atom is 0.329 e. The summed E-state index contributed by atoms with van der Waals surface area (Å²) in [6, 6.07) is 1.91. The van der Waals surface area contributed by atoms with Crippen LogP contribution < -0.4 is 16.4 Å². The first-order chi connectivity index (χ1) is 11.7. The number of thioether (sulfide) groups is 1. The van der Waals surface area contributed by atoms with Crippen molar-refractivity contribution in [2.75, 3.05) is 17.3 Å². The zero-order valence-corrected chi connectivity index (χ0v) is 15.2. The van der Waals surface area contributed by atoms with E-state index in [0.29, 0.717) is 12.2 Å². The molecule has 1 aromatic carbocycles. The van der Waals surface area contributed by atoms with Gasteiger partial charge in [-0.3, -0.25) is 4.79 Å². The first-order valence-corrected chi connectivity index (χ1v) is 9.03. The van der Waals surface area contributed by atoms with Crippen LogP contribution in [0.2, 0.25) is 5.02 Å². The number of esters is 1. The Hall–Kier alpha value is -2.00. The molecule has 4 N–H and O–H groups in total. The summed E-state index contributed by atoms with van der Waals surface area (Å²) in [5.74, 6) is -1.66. The topological polar surface area (TPSA) is 111 Å². The van der Waals surface area contributed by atoms with Crippen LogP contribution in [0.5, 0.6) is 0 Å². The maximum atomic E-state index is 13.7. The van der Waals surface area contributed by atoms with E-state index in [1.54, 1.807) is 0 Å². The minimum absolute atomic E-state index is 0.0912. The summed E-state index contributed by atoms with van der Waals surface area (Å²) in [4.78, 5) is 35.1. The van der Waals surface area contributed by atoms with Gasteiger partial charge in [0.2, 0.25) is 0 Å². The van der Waals surface area contributed by atoms with Crippen LogP contribution in [0.25, 0.3) is 0 Å². The number of rotatable bonds is 8. The molecule has 7 nitrogen and oxygen atoms in total. The Morgan fingerprint density at radius 3 is 2.64 bits per heavy atom. The standard InChI is InChI=1S/C15H19ClFN3O4S/c1-8(13(21)19-11-4-3-9(16)7-10(11)17)24-14(22)12(5-6-25-2)20-15(18)23/h3-4,7-8,12H,5-6H2,1-2H3,(H,19,21)(H3,18,20,23)/t8-,12-/m0/s1. The van der Waals surface area contributed by atoms with Gasteiger partial charge >= 0.3 is 12.0 Å². The lowest BCUT2D eigenvalue weighted by Crippen LogP contribution is -2.46. The lowest BCUT2D eigenvalue weighted by molar-refractivity contribution is -0.155. The van der Waals surface area contributed by atoms with Gasteiger partial charge in [0.1, 0.15) is 11.9 Å². The molecule has 0 bridgehead atoms. The highest BCUT2D eigenvalue weighted by atomic mass is 35.5. The number of amides is 3. The van der Waals surface area contributed by atoms with Crippen LogP contribution >= 0.6 is 23.4 Å². The fourth-order valence-corrected chi connectivity index (χ4v) is 2.42. The summed E-state index contributed by atoms with van der Waals surface area (Å²) in [5, 5.41) is 4.75. The first-order valence-electron chi connectivity index (χ1n) is 7.26. The molecule has 25 heavy (non-hydrogen) atoms. The van der Waals surface area contributed by atoms with Crippen molar-refractivity contribution >= 4 is 47.0 Å². The second kappa shape index (κ2) is 10.1. The van der Waals surface area contributed by atoms with Crippen LogP contribution in [0.15, 0.2) is 18.2 Å². The normalized spacial score (nSPS) is 12.8. The van der Waals surface area contributed by atoms with Gasteiger partial charge < -0.3 is 21.1 Å². The third kappa shape index (κ3) is 7.18. The van der Waals surface area contributed by atoms with Gasteiger partial charge in [0, 0.05) is 5.02 Å². The highest BCUT2D eigenvalue weighted by molar-refractivity contribution is 7.98. The molecule has 0 aromatic heterocycles. The molecule has 0 radical (unpaired) electrons. The van der Waals surface area contributed by atoms with Crippen LogP contribution in [0.1, 0.15) is 13.3 Å². The number of urea groups is 1. The van der Waals surface area contributed by atoms with Crippen molar-refractivity contribution in [3.63, 3.8) is 0 Å². The molecule has 0 saturated heterocycles. The number of carbonyl (C=O) groups is 3. The molecule has 0 aliphatic rings. The second-order valence-corrected chi connectivity index (χ2v) is 6.46. The zero-order chi connectivity index (χ0) is 19.0. The molecule has 0 aliphatic heterocycles. The molecular formula is C15H19ClFN3O4S. The van der Waals surface area contributed by atoms with E-state index >= 15 is 0 Å². The summed E-state index contributed by atoms with van der Waals surface area (Å²) >= 11 is 7.11. The zero-order valence-electron chi connectivity index (χ0n) is 13.7. The van der Waals surface area contributed by atoms with E-state index in [1.165, 1.54) is 30.8 Å². The number of primary amides is 1. The minimum atomic E-state index is -1.20. The van der Waals surface area contributed by atoms with Crippen LogP contribution in [-0.2, 0) is 14.3 Å². The van der Waals surface area contributed by atoms with Crippen molar-refractivity contribution in [2.45, 2.75) is 25.5 Å².